The van der Waals surface area contributed by atoms with Crippen LogP contribution in [0.4, 0.5) is 4.39 Å². The van der Waals surface area contributed by atoms with Crippen LogP contribution in [0.25, 0.3) is 11.3 Å². The van der Waals surface area contributed by atoms with Crippen molar-refractivity contribution in [3.63, 3.8) is 0 Å². The highest BCUT2D eigenvalue weighted by molar-refractivity contribution is 7.90. The predicted octanol–water partition coefficient (Wildman–Crippen LogP) is 3.01. The van der Waals surface area contributed by atoms with Crippen LogP contribution in [-0.4, -0.2) is 28.6 Å². The molecule has 26 heavy (non-hydrogen) atoms. The van der Waals surface area contributed by atoms with Crippen LogP contribution in [0.5, 0.6) is 0 Å². The SMILES string of the molecule is O=Cc1cn(S(=O)(=O)c2cccnc2)c(-c2cccnc2F)c1C1CC1. The molecular formula is C18H14FN3O3S. The van der Waals surface area contributed by atoms with Gasteiger partial charge in [-0.2, -0.15) is 4.39 Å². The number of halogens is 1. The molecule has 0 aromatic carbocycles. The van der Waals surface area contributed by atoms with Crippen LogP contribution in [0, 0.1) is 5.95 Å². The number of hydrogen-bond acceptors (Lipinski definition) is 5. The molecule has 1 aliphatic rings. The minimum Gasteiger partial charge on any atom is -0.298 e. The highest BCUT2D eigenvalue weighted by Gasteiger charge is 2.35. The van der Waals surface area contributed by atoms with E-state index >= 15 is 0 Å². The van der Waals surface area contributed by atoms with E-state index in [0.717, 1.165) is 16.8 Å². The van der Waals surface area contributed by atoms with Crippen LogP contribution in [0.3, 0.4) is 0 Å². The van der Waals surface area contributed by atoms with Crippen molar-refractivity contribution in [1.82, 2.24) is 13.9 Å². The van der Waals surface area contributed by atoms with Gasteiger partial charge in [0.25, 0.3) is 10.0 Å². The topological polar surface area (TPSA) is 81.9 Å². The van der Waals surface area contributed by atoms with Gasteiger partial charge in [0.15, 0.2) is 6.29 Å². The maximum absolute atomic E-state index is 14.4. The number of hydrogen-bond donors (Lipinski definition) is 0. The second-order valence-corrected chi connectivity index (χ2v) is 7.89. The Hall–Kier alpha value is -2.87. The fourth-order valence-electron chi connectivity index (χ4n) is 3.04. The lowest BCUT2D eigenvalue weighted by Gasteiger charge is -2.12. The summed E-state index contributed by atoms with van der Waals surface area (Å²) in [5, 5.41) is 0. The van der Waals surface area contributed by atoms with Crippen molar-refractivity contribution in [3.8, 4) is 11.3 Å². The van der Waals surface area contributed by atoms with Crippen LogP contribution >= 0.6 is 0 Å². The smallest absolute Gasteiger partial charge is 0.269 e. The standard InChI is InChI=1S/C18H14FN3O3S/c19-18-15(4-2-8-21-18)17-16(12-5-6-12)13(11-23)10-22(17)26(24,25)14-3-1-7-20-9-14/h1-4,7-12H,5-6H2. The highest BCUT2D eigenvalue weighted by Crippen LogP contribution is 2.47. The average molecular weight is 371 g/mol. The summed E-state index contributed by atoms with van der Waals surface area (Å²) in [5.74, 6) is -0.747. The molecule has 3 heterocycles. The van der Waals surface area contributed by atoms with Crippen molar-refractivity contribution in [2.45, 2.75) is 23.7 Å². The molecule has 0 amide bonds. The Bertz CT molecular complexity index is 1090. The monoisotopic (exact) mass is 371 g/mol. The lowest BCUT2D eigenvalue weighted by molar-refractivity contribution is 0.112. The molecule has 0 radical (unpaired) electrons. The molecule has 132 valence electrons. The van der Waals surface area contributed by atoms with E-state index in [-0.39, 0.29) is 27.6 Å². The Morgan fingerprint density at radius 3 is 2.58 bits per heavy atom. The van der Waals surface area contributed by atoms with E-state index in [4.69, 9.17) is 0 Å². The van der Waals surface area contributed by atoms with E-state index in [1.165, 1.54) is 49.1 Å². The van der Waals surface area contributed by atoms with Gasteiger partial charge in [0.2, 0.25) is 5.95 Å². The van der Waals surface area contributed by atoms with Gasteiger partial charge >= 0.3 is 0 Å². The Kier molecular flexibility index (Phi) is 3.91. The van der Waals surface area contributed by atoms with E-state index < -0.39 is 16.0 Å². The minimum atomic E-state index is -4.05. The zero-order chi connectivity index (χ0) is 18.3. The highest BCUT2D eigenvalue weighted by atomic mass is 32.2. The third-order valence-corrected chi connectivity index (χ3v) is 6.00. The number of aldehydes is 1. The number of carbonyl (C=O) groups is 1. The predicted molar refractivity (Wildman–Crippen MR) is 91.8 cm³/mol. The van der Waals surface area contributed by atoms with Gasteiger partial charge in [-0.05, 0) is 48.6 Å². The molecular weight excluding hydrogens is 357 g/mol. The first-order chi connectivity index (χ1) is 12.5. The molecule has 6 nitrogen and oxygen atoms in total. The molecule has 8 heteroatoms. The van der Waals surface area contributed by atoms with Crippen LogP contribution in [0.15, 0.2) is 53.9 Å². The largest absolute Gasteiger partial charge is 0.298 e. The van der Waals surface area contributed by atoms with Gasteiger partial charge in [-0.25, -0.2) is 17.4 Å². The molecule has 1 aliphatic carbocycles. The summed E-state index contributed by atoms with van der Waals surface area (Å²) in [6.07, 6.45) is 7.49. The van der Waals surface area contributed by atoms with E-state index in [1.54, 1.807) is 0 Å². The lowest BCUT2D eigenvalue weighted by atomic mass is 10.0. The van der Waals surface area contributed by atoms with Gasteiger partial charge in [0.05, 0.1) is 11.3 Å². The van der Waals surface area contributed by atoms with Gasteiger partial charge in [0, 0.05) is 30.4 Å². The van der Waals surface area contributed by atoms with Gasteiger partial charge in [-0.1, -0.05) is 0 Å². The molecule has 1 fully saturated rings. The first-order valence-corrected chi connectivity index (χ1v) is 9.45. The Labute approximate surface area is 149 Å². The van der Waals surface area contributed by atoms with Crippen molar-refractivity contribution in [2.24, 2.45) is 0 Å². The normalized spacial score (nSPS) is 14.3. The molecule has 0 bridgehead atoms. The number of carbonyl (C=O) groups excluding carboxylic acids is 1. The van der Waals surface area contributed by atoms with E-state index in [2.05, 4.69) is 9.97 Å². The van der Waals surface area contributed by atoms with Gasteiger partial charge < -0.3 is 0 Å². The van der Waals surface area contributed by atoms with E-state index in [0.29, 0.717) is 11.8 Å². The number of pyridine rings is 2. The summed E-state index contributed by atoms with van der Waals surface area (Å²) < 4.78 is 41.6. The zero-order valence-electron chi connectivity index (χ0n) is 13.5. The van der Waals surface area contributed by atoms with Gasteiger partial charge in [-0.15, -0.1) is 0 Å². The molecule has 0 unspecified atom stereocenters. The molecule has 0 atom stereocenters. The summed E-state index contributed by atoms with van der Waals surface area (Å²) in [4.78, 5) is 19.0. The Morgan fingerprint density at radius 1 is 1.19 bits per heavy atom. The van der Waals surface area contributed by atoms with Crippen LogP contribution < -0.4 is 0 Å². The van der Waals surface area contributed by atoms with Crippen molar-refractivity contribution >= 4 is 16.3 Å². The zero-order valence-corrected chi connectivity index (χ0v) is 14.4. The first kappa shape index (κ1) is 16.6. The van der Waals surface area contributed by atoms with E-state index in [1.807, 2.05) is 0 Å². The van der Waals surface area contributed by atoms with Gasteiger partial charge in [0.1, 0.15) is 4.90 Å². The molecule has 0 N–H and O–H groups in total. The maximum Gasteiger partial charge on any atom is 0.269 e. The van der Waals surface area contributed by atoms with Crippen molar-refractivity contribution < 1.29 is 17.6 Å². The van der Waals surface area contributed by atoms with Crippen molar-refractivity contribution in [1.29, 1.82) is 0 Å². The quantitative estimate of drug-likeness (QED) is 0.509. The summed E-state index contributed by atoms with van der Waals surface area (Å²) in [6.45, 7) is 0. The van der Waals surface area contributed by atoms with Crippen molar-refractivity contribution in [2.75, 3.05) is 0 Å². The lowest BCUT2D eigenvalue weighted by Crippen LogP contribution is -2.14. The molecule has 3 aromatic rings. The second-order valence-electron chi connectivity index (χ2n) is 6.07. The van der Waals surface area contributed by atoms with Crippen LogP contribution in [0.1, 0.15) is 34.7 Å². The Morgan fingerprint density at radius 2 is 1.96 bits per heavy atom. The molecule has 0 aliphatic heterocycles. The summed E-state index contributed by atoms with van der Waals surface area (Å²) in [6, 6.07) is 5.91. The second kappa shape index (κ2) is 6.14. The molecule has 1 saturated carbocycles. The Balaban J connectivity index is 2.05. The molecule has 4 rings (SSSR count). The summed E-state index contributed by atoms with van der Waals surface area (Å²) in [7, 11) is -4.05. The maximum atomic E-state index is 14.4. The molecule has 0 spiro atoms. The van der Waals surface area contributed by atoms with Crippen molar-refractivity contribution in [3.05, 3.63) is 66.1 Å². The third kappa shape index (κ3) is 2.62. The summed E-state index contributed by atoms with van der Waals surface area (Å²) in [5.41, 5.74) is 1.01. The molecule has 3 aromatic heterocycles. The average Bonchev–Trinajstić information content (AvgIpc) is 3.42. The minimum absolute atomic E-state index is 0.0372. The number of nitrogens with zero attached hydrogens (tertiary/aromatic N) is 3. The van der Waals surface area contributed by atoms with Crippen LogP contribution in [0.2, 0.25) is 0 Å². The van der Waals surface area contributed by atoms with E-state index in [9.17, 15) is 17.6 Å². The van der Waals surface area contributed by atoms with Gasteiger partial charge in [-0.3, -0.25) is 9.78 Å². The first-order valence-electron chi connectivity index (χ1n) is 8.01. The third-order valence-electron chi connectivity index (χ3n) is 4.36. The number of rotatable bonds is 5. The summed E-state index contributed by atoms with van der Waals surface area (Å²) >= 11 is 0. The fourth-order valence-corrected chi connectivity index (χ4v) is 4.40. The van der Waals surface area contributed by atoms with Crippen LogP contribution in [-0.2, 0) is 10.0 Å². The number of aromatic nitrogens is 3. The molecule has 0 saturated heterocycles. The fraction of sp³-hybridized carbons (Fsp3) is 0.167.